The second kappa shape index (κ2) is 6.22. The summed E-state index contributed by atoms with van der Waals surface area (Å²) in [6.45, 7) is 2.33. The second-order valence-corrected chi connectivity index (χ2v) is 3.55. The summed E-state index contributed by atoms with van der Waals surface area (Å²) >= 11 is 0. The smallest absolute Gasteiger partial charge is 0.434 e. The summed E-state index contributed by atoms with van der Waals surface area (Å²) < 4.78 is 9.06. The number of ketones is 1. The molecule has 16 heavy (non-hydrogen) atoms. The summed E-state index contributed by atoms with van der Waals surface area (Å²) in [5.41, 5.74) is 0. The van der Waals surface area contributed by atoms with Crippen LogP contribution in [0.25, 0.3) is 0 Å². The highest BCUT2D eigenvalue weighted by Gasteiger charge is 2.30. The Hall–Kier alpha value is -1.43. The van der Waals surface area contributed by atoms with Crippen LogP contribution in [0.15, 0.2) is 0 Å². The number of nitrogens with one attached hydrogen (secondary N) is 1. The van der Waals surface area contributed by atoms with Crippen molar-refractivity contribution in [3.05, 3.63) is 0 Å². The molecule has 0 radical (unpaired) electrons. The minimum absolute atomic E-state index is 0.0682. The Kier molecular flexibility index (Phi) is 4.91. The normalized spacial score (nSPS) is 19.6. The van der Waals surface area contributed by atoms with E-state index >= 15 is 0 Å². The van der Waals surface area contributed by atoms with Crippen LogP contribution in [0.5, 0.6) is 0 Å². The lowest BCUT2D eigenvalue weighted by Gasteiger charge is -2.08. The number of carbonyl (C=O) groups excluding carboxylic acids is 3. The standard InChI is InChI=1S/C10H15NO5/c1-2-3-4-15-10(14)16-9(13)8-5-7(12)6-11-8/h8,11H,2-6H2,1H3. The van der Waals surface area contributed by atoms with Crippen molar-refractivity contribution in [2.45, 2.75) is 32.2 Å². The zero-order valence-corrected chi connectivity index (χ0v) is 9.15. The van der Waals surface area contributed by atoms with Gasteiger partial charge in [0.15, 0.2) is 0 Å². The van der Waals surface area contributed by atoms with E-state index in [1.807, 2.05) is 6.92 Å². The summed E-state index contributed by atoms with van der Waals surface area (Å²) in [5.74, 6) is -0.825. The third-order valence-electron chi connectivity index (χ3n) is 2.16. The summed E-state index contributed by atoms with van der Waals surface area (Å²) in [6, 6.07) is -0.716. The SMILES string of the molecule is CCCCOC(=O)OC(=O)C1CC(=O)CN1. The Balaban J connectivity index is 2.23. The second-order valence-electron chi connectivity index (χ2n) is 3.55. The Bertz CT molecular complexity index is 289. The molecule has 1 aliphatic rings. The zero-order chi connectivity index (χ0) is 12.0. The van der Waals surface area contributed by atoms with E-state index in [0.29, 0.717) is 0 Å². The van der Waals surface area contributed by atoms with Crippen molar-refractivity contribution in [3.63, 3.8) is 0 Å². The van der Waals surface area contributed by atoms with Gasteiger partial charge in [-0.25, -0.2) is 9.59 Å². The van der Waals surface area contributed by atoms with Crippen molar-refractivity contribution >= 4 is 17.9 Å². The van der Waals surface area contributed by atoms with Crippen LogP contribution in [-0.2, 0) is 19.1 Å². The van der Waals surface area contributed by atoms with Gasteiger partial charge in [-0.05, 0) is 6.42 Å². The number of rotatable bonds is 4. The van der Waals surface area contributed by atoms with Crippen LogP contribution in [0.4, 0.5) is 4.79 Å². The zero-order valence-electron chi connectivity index (χ0n) is 9.15. The predicted molar refractivity (Wildman–Crippen MR) is 53.8 cm³/mol. The molecule has 0 amide bonds. The molecule has 6 nitrogen and oxygen atoms in total. The first-order valence-corrected chi connectivity index (χ1v) is 5.27. The van der Waals surface area contributed by atoms with E-state index in [-0.39, 0.29) is 25.4 Å². The van der Waals surface area contributed by atoms with Gasteiger partial charge >= 0.3 is 12.1 Å². The van der Waals surface area contributed by atoms with Gasteiger partial charge in [0, 0.05) is 6.42 Å². The van der Waals surface area contributed by atoms with Crippen LogP contribution < -0.4 is 5.32 Å². The van der Waals surface area contributed by atoms with E-state index in [2.05, 4.69) is 14.8 Å². The monoisotopic (exact) mass is 229 g/mol. The number of hydrogen-bond acceptors (Lipinski definition) is 6. The third-order valence-corrected chi connectivity index (χ3v) is 2.16. The summed E-state index contributed by atoms with van der Waals surface area (Å²) in [7, 11) is 0. The first kappa shape index (κ1) is 12.6. The fourth-order valence-corrected chi connectivity index (χ4v) is 1.26. The van der Waals surface area contributed by atoms with Crippen molar-refractivity contribution in [2.24, 2.45) is 0 Å². The molecule has 1 rings (SSSR count). The van der Waals surface area contributed by atoms with Gasteiger partial charge in [-0.15, -0.1) is 0 Å². The lowest BCUT2D eigenvalue weighted by atomic mass is 10.2. The highest BCUT2D eigenvalue weighted by molar-refractivity contribution is 5.94. The molecule has 1 N–H and O–H groups in total. The van der Waals surface area contributed by atoms with Crippen molar-refractivity contribution in [3.8, 4) is 0 Å². The van der Waals surface area contributed by atoms with Gasteiger partial charge in [-0.1, -0.05) is 13.3 Å². The van der Waals surface area contributed by atoms with E-state index < -0.39 is 18.2 Å². The molecule has 0 aromatic carbocycles. The van der Waals surface area contributed by atoms with Gasteiger partial charge in [0.05, 0.1) is 13.2 Å². The molecule has 0 bridgehead atoms. The summed E-state index contributed by atoms with van der Waals surface area (Å²) in [4.78, 5) is 33.2. The number of unbranched alkanes of at least 4 members (excludes halogenated alkanes) is 1. The largest absolute Gasteiger partial charge is 0.516 e. The fourth-order valence-electron chi connectivity index (χ4n) is 1.26. The molecule has 0 aromatic rings. The Morgan fingerprint density at radius 1 is 1.50 bits per heavy atom. The molecule has 1 saturated heterocycles. The number of hydrogen-bond donors (Lipinski definition) is 1. The third kappa shape index (κ3) is 3.98. The van der Waals surface area contributed by atoms with Gasteiger partial charge in [0.25, 0.3) is 0 Å². The lowest BCUT2D eigenvalue weighted by molar-refractivity contribution is -0.142. The van der Waals surface area contributed by atoms with E-state index in [9.17, 15) is 14.4 Å². The molecule has 0 saturated carbocycles. The minimum atomic E-state index is -1.00. The van der Waals surface area contributed by atoms with Crippen molar-refractivity contribution in [2.75, 3.05) is 13.2 Å². The maximum absolute atomic E-state index is 11.3. The van der Waals surface area contributed by atoms with Crippen LogP contribution in [0.3, 0.4) is 0 Å². The van der Waals surface area contributed by atoms with Crippen molar-refractivity contribution in [1.29, 1.82) is 0 Å². The minimum Gasteiger partial charge on any atom is -0.434 e. The average Bonchev–Trinajstić information content (AvgIpc) is 2.65. The van der Waals surface area contributed by atoms with Gasteiger partial charge in [-0.2, -0.15) is 0 Å². The van der Waals surface area contributed by atoms with E-state index in [4.69, 9.17) is 0 Å². The molecule has 1 unspecified atom stereocenters. The molecule has 90 valence electrons. The van der Waals surface area contributed by atoms with Gasteiger partial charge in [-0.3, -0.25) is 10.1 Å². The highest BCUT2D eigenvalue weighted by Crippen LogP contribution is 2.04. The maximum atomic E-state index is 11.3. The van der Waals surface area contributed by atoms with Gasteiger partial charge in [0.1, 0.15) is 11.8 Å². The van der Waals surface area contributed by atoms with E-state index in [1.54, 1.807) is 0 Å². The van der Waals surface area contributed by atoms with Crippen LogP contribution in [0.1, 0.15) is 26.2 Å². The van der Waals surface area contributed by atoms with Crippen LogP contribution >= 0.6 is 0 Å². The van der Waals surface area contributed by atoms with Gasteiger partial charge < -0.3 is 9.47 Å². The Morgan fingerprint density at radius 3 is 2.81 bits per heavy atom. The summed E-state index contributed by atoms with van der Waals surface area (Å²) in [6.07, 6.45) is 0.685. The Morgan fingerprint density at radius 2 is 2.25 bits per heavy atom. The number of carbonyl (C=O) groups is 3. The van der Waals surface area contributed by atoms with Crippen LogP contribution in [0.2, 0.25) is 0 Å². The van der Waals surface area contributed by atoms with Crippen LogP contribution in [0, 0.1) is 0 Å². The predicted octanol–water partition coefficient (Wildman–Crippen LogP) is 0.397. The molecule has 0 spiro atoms. The molecule has 1 atom stereocenters. The Labute approximate surface area is 93.3 Å². The van der Waals surface area contributed by atoms with E-state index in [1.165, 1.54) is 0 Å². The van der Waals surface area contributed by atoms with Crippen LogP contribution in [-0.4, -0.2) is 37.1 Å². The molecule has 6 heteroatoms. The van der Waals surface area contributed by atoms with Gasteiger partial charge in [0.2, 0.25) is 0 Å². The molecular formula is C10H15NO5. The maximum Gasteiger partial charge on any atom is 0.516 e. The highest BCUT2D eigenvalue weighted by atomic mass is 16.7. The molecule has 1 heterocycles. The molecule has 0 aromatic heterocycles. The molecule has 1 aliphatic heterocycles. The average molecular weight is 229 g/mol. The fraction of sp³-hybridized carbons (Fsp3) is 0.700. The lowest BCUT2D eigenvalue weighted by Crippen LogP contribution is -2.34. The quantitative estimate of drug-likeness (QED) is 0.427. The molecule has 0 aliphatic carbocycles. The van der Waals surface area contributed by atoms with Crippen molar-refractivity contribution < 1.29 is 23.9 Å². The topological polar surface area (TPSA) is 81.7 Å². The first-order chi connectivity index (χ1) is 7.63. The number of esters is 1. The number of Topliss-reactive ketones (excluding diaryl/α,β-unsaturated/α-hetero) is 1. The molecular weight excluding hydrogens is 214 g/mol. The van der Waals surface area contributed by atoms with E-state index in [0.717, 1.165) is 12.8 Å². The number of ether oxygens (including phenoxy) is 2. The first-order valence-electron chi connectivity index (χ1n) is 5.27. The van der Waals surface area contributed by atoms with Crippen molar-refractivity contribution in [1.82, 2.24) is 5.32 Å². The summed E-state index contributed by atoms with van der Waals surface area (Å²) in [5, 5.41) is 2.65. The molecule has 1 fully saturated rings.